The number of aromatic nitrogens is 2. The number of nitrogens with zero attached hydrogens (tertiary/aromatic N) is 1. The number of nitrogens with one attached hydrogen (secondary N) is 1. The van der Waals surface area contributed by atoms with Gasteiger partial charge in [-0.3, -0.25) is 9.51 Å². The average molecular weight is 260 g/mol. The molecule has 0 bridgehead atoms. The minimum absolute atomic E-state index is 0.225. The van der Waals surface area contributed by atoms with Crippen LogP contribution in [0.4, 0.5) is 0 Å². The highest BCUT2D eigenvalue weighted by molar-refractivity contribution is 6.34. The highest BCUT2D eigenvalue weighted by Gasteiger charge is 2.15. The van der Waals surface area contributed by atoms with E-state index < -0.39 is 11.8 Å². The predicted molar refractivity (Wildman–Crippen MR) is 59.6 cm³/mol. The van der Waals surface area contributed by atoms with Crippen LogP contribution in [0.25, 0.3) is 0 Å². The van der Waals surface area contributed by atoms with Gasteiger partial charge in [0.1, 0.15) is 0 Å². The van der Waals surface area contributed by atoms with E-state index in [4.69, 9.17) is 28.9 Å². The summed E-state index contributed by atoms with van der Waals surface area (Å²) in [6, 6.07) is 4.24. The van der Waals surface area contributed by atoms with Gasteiger partial charge in [-0.2, -0.15) is 0 Å². The molecule has 0 aliphatic carbocycles. The van der Waals surface area contributed by atoms with E-state index in [-0.39, 0.29) is 5.82 Å². The molecule has 0 saturated carbocycles. The number of aromatic amines is 1. The Labute approximate surface area is 100 Å². The average Bonchev–Trinajstić information content (AvgIpc) is 2.62. The Bertz CT molecular complexity index is 544. The first-order valence-corrected chi connectivity index (χ1v) is 5.09. The maximum Gasteiger partial charge on any atom is 0.438 e. The van der Waals surface area contributed by atoms with Crippen LogP contribution in [0, 0.1) is 0 Å². The van der Waals surface area contributed by atoms with Crippen LogP contribution in [0.2, 0.25) is 10.0 Å². The van der Waals surface area contributed by atoms with E-state index in [1.807, 2.05) is 0 Å². The maximum absolute atomic E-state index is 10.8. The van der Waals surface area contributed by atoms with Gasteiger partial charge in [0.05, 0.1) is 6.04 Å². The van der Waals surface area contributed by atoms with Crippen LogP contribution in [0.3, 0.4) is 0 Å². The Hall–Kier alpha value is -1.30. The largest absolute Gasteiger partial charge is 0.438 e. The van der Waals surface area contributed by atoms with Crippen molar-refractivity contribution in [2.24, 2.45) is 5.73 Å². The molecule has 0 aliphatic rings. The Morgan fingerprint density at radius 2 is 1.94 bits per heavy atom. The number of H-pyrrole nitrogens is 1. The smallest absolute Gasteiger partial charge is 0.318 e. The molecule has 0 spiro atoms. The fraction of sp³-hybridized carbons (Fsp3) is 0.111. The minimum atomic E-state index is -0.654. The lowest BCUT2D eigenvalue weighted by molar-refractivity contribution is 0.379. The normalized spacial score (nSPS) is 12.7. The van der Waals surface area contributed by atoms with Crippen LogP contribution < -0.4 is 11.5 Å². The van der Waals surface area contributed by atoms with Gasteiger partial charge in [0.25, 0.3) is 0 Å². The maximum atomic E-state index is 10.8. The molecule has 0 radical (unpaired) electrons. The first-order chi connectivity index (χ1) is 7.56. The summed E-state index contributed by atoms with van der Waals surface area (Å²) in [4.78, 5) is 13.1. The lowest BCUT2D eigenvalue weighted by Crippen LogP contribution is -2.14. The van der Waals surface area contributed by atoms with Crippen molar-refractivity contribution in [3.05, 3.63) is 50.2 Å². The van der Waals surface area contributed by atoms with E-state index in [1.54, 1.807) is 18.2 Å². The monoisotopic (exact) mass is 259 g/mol. The van der Waals surface area contributed by atoms with E-state index in [0.29, 0.717) is 15.6 Å². The van der Waals surface area contributed by atoms with Crippen LogP contribution in [0.1, 0.15) is 17.4 Å². The van der Waals surface area contributed by atoms with E-state index in [0.717, 1.165) is 0 Å². The summed E-state index contributed by atoms with van der Waals surface area (Å²) in [5.74, 6) is -0.429. The van der Waals surface area contributed by atoms with E-state index in [9.17, 15) is 4.79 Å². The zero-order valence-corrected chi connectivity index (χ0v) is 9.42. The fourth-order valence-corrected chi connectivity index (χ4v) is 1.83. The number of rotatable bonds is 2. The first-order valence-electron chi connectivity index (χ1n) is 4.34. The first kappa shape index (κ1) is 11.2. The van der Waals surface area contributed by atoms with E-state index >= 15 is 0 Å². The fourth-order valence-electron chi connectivity index (χ4n) is 1.29. The Balaban J connectivity index is 2.40. The SMILES string of the molecule is NC(c1cc(Cl)cc(Cl)c1)c1noc(=O)[nH]1. The molecular weight excluding hydrogens is 253 g/mol. The van der Waals surface area contributed by atoms with Crippen molar-refractivity contribution in [2.45, 2.75) is 6.04 Å². The number of nitrogens with two attached hydrogens (primary N) is 1. The molecule has 1 aromatic carbocycles. The zero-order valence-electron chi connectivity index (χ0n) is 7.91. The molecule has 0 fully saturated rings. The molecular formula is C9H7Cl2N3O2. The molecule has 5 nitrogen and oxygen atoms in total. The van der Waals surface area contributed by atoms with Crippen molar-refractivity contribution in [3.8, 4) is 0 Å². The summed E-state index contributed by atoms with van der Waals surface area (Å²) < 4.78 is 4.36. The van der Waals surface area contributed by atoms with Gasteiger partial charge in [-0.25, -0.2) is 4.79 Å². The van der Waals surface area contributed by atoms with E-state index in [1.165, 1.54) is 0 Å². The molecule has 3 N–H and O–H groups in total. The van der Waals surface area contributed by atoms with Gasteiger partial charge in [-0.1, -0.05) is 28.4 Å². The molecule has 2 rings (SSSR count). The number of benzene rings is 1. The molecule has 1 atom stereocenters. The topological polar surface area (TPSA) is 84.9 Å². The number of hydrogen-bond acceptors (Lipinski definition) is 4. The third-order valence-electron chi connectivity index (χ3n) is 2.00. The van der Waals surface area contributed by atoms with E-state index in [2.05, 4.69) is 14.7 Å². The third-order valence-corrected chi connectivity index (χ3v) is 2.43. The Morgan fingerprint density at radius 3 is 2.44 bits per heavy atom. The van der Waals surface area contributed by atoms with Crippen LogP contribution >= 0.6 is 23.2 Å². The molecule has 0 amide bonds. The third kappa shape index (κ3) is 2.27. The molecule has 1 aromatic heterocycles. The summed E-state index contributed by atoms with van der Waals surface area (Å²) in [5.41, 5.74) is 6.50. The summed E-state index contributed by atoms with van der Waals surface area (Å²) in [6.45, 7) is 0. The summed E-state index contributed by atoms with van der Waals surface area (Å²) in [7, 11) is 0. The molecule has 1 unspecified atom stereocenters. The highest BCUT2D eigenvalue weighted by atomic mass is 35.5. The van der Waals surface area contributed by atoms with Crippen LogP contribution in [-0.4, -0.2) is 10.1 Å². The van der Waals surface area contributed by atoms with Crippen molar-refractivity contribution in [2.75, 3.05) is 0 Å². The summed E-state index contributed by atoms with van der Waals surface area (Å²) in [6.07, 6.45) is 0. The van der Waals surface area contributed by atoms with Gasteiger partial charge in [-0.15, -0.1) is 0 Å². The Morgan fingerprint density at radius 1 is 1.31 bits per heavy atom. The quantitative estimate of drug-likeness (QED) is 0.860. The second-order valence-electron chi connectivity index (χ2n) is 3.16. The molecule has 1 heterocycles. The molecule has 84 valence electrons. The molecule has 0 saturated heterocycles. The van der Waals surface area contributed by atoms with Gasteiger partial charge in [0.2, 0.25) is 0 Å². The van der Waals surface area contributed by atoms with Gasteiger partial charge in [0.15, 0.2) is 5.82 Å². The van der Waals surface area contributed by atoms with Crippen LogP contribution in [0.15, 0.2) is 27.5 Å². The van der Waals surface area contributed by atoms with Crippen molar-refractivity contribution in [3.63, 3.8) is 0 Å². The van der Waals surface area contributed by atoms with Gasteiger partial charge in [0, 0.05) is 10.0 Å². The van der Waals surface area contributed by atoms with Crippen LogP contribution in [-0.2, 0) is 0 Å². The highest BCUT2D eigenvalue weighted by Crippen LogP contribution is 2.24. The van der Waals surface area contributed by atoms with Gasteiger partial charge < -0.3 is 5.73 Å². The van der Waals surface area contributed by atoms with Crippen LogP contribution in [0.5, 0.6) is 0 Å². The zero-order chi connectivity index (χ0) is 11.7. The Kier molecular flexibility index (Phi) is 3.00. The number of hydrogen-bond donors (Lipinski definition) is 2. The lowest BCUT2D eigenvalue weighted by atomic mass is 10.1. The second kappa shape index (κ2) is 4.29. The summed E-state index contributed by atoms with van der Waals surface area (Å²) >= 11 is 11.7. The second-order valence-corrected chi connectivity index (χ2v) is 4.03. The lowest BCUT2D eigenvalue weighted by Gasteiger charge is -2.08. The number of halogens is 2. The van der Waals surface area contributed by atoms with Gasteiger partial charge >= 0.3 is 5.76 Å². The molecule has 0 aliphatic heterocycles. The minimum Gasteiger partial charge on any atom is -0.318 e. The van der Waals surface area contributed by atoms with Crippen molar-refractivity contribution in [1.29, 1.82) is 0 Å². The summed E-state index contributed by atoms with van der Waals surface area (Å²) in [5, 5.41) is 4.42. The van der Waals surface area contributed by atoms with Crippen molar-refractivity contribution in [1.82, 2.24) is 10.1 Å². The van der Waals surface area contributed by atoms with Gasteiger partial charge in [-0.05, 0) is 23.8 Å². The van der Waals surface area contributed by atoms with Crippen molar-refractivity contribution >= 4 is 23.2 Å². The molecule has 7 heteroatoms. The molecule has 2 aromatic rings. The predicted octanol–water partition coefficient (Wildman–Crippen LogP) is 1.72. The molecule has 16 heavy (non-hydrogen) atoms. The standard InChI is InChI=1S/C9H7Cl2N3O2/c10-5-1-4(2-6(11)3-5)7(12)8-13-9(15)16-14-8/h1-3,7H,12H2,(H,13,14,15). The van der Waals surface area contributed by atoms with Crippen molar-refractivity contribution < 1.29 is 4.52 Å².